The van der Waals surface area contributed by atoms with Crippen molar-refractivity contribution in [3.8, 4) is 5.75 Å². The highest BCUT2D eigenvalue weighted by molar-refractivity contribution is 5.89. The average Bonchev–Trinajstić information content (AvgIpc) is 2.64. The fourth-order valence-corrected chi connectivity index (χ4v) is 2.87. The van der Waals surface area contributed by atoms with Gasteiger partial charge in [0.05, 0.1) is 0 Å². The number of benzene rings is 2. The summed E-state index contributed by atoms with van der Waals surface area (Å²) in [6, 6.07) is 17.6. The van der Waals surface area contributed by atoms with Crippen molar-refractivity contribution in [2.24, 2.45) is 0 Å². The first-order valence-corrected chi connectivity index (χ1v) is 8.72. The van der Waals surface area contributed by atoms with E-state index in [0.29, 0.717) is 6.61 Å². The zero-order valence-electron chi connectivity index (χ0n) is 14.6. The molecule has 1 heterocycles. The first-order valence-electron chi connectivity index (χ1n) is 8.72. The molecule has 0 bridgehead atoms. The van der Waals surface area contributed by atoms with Crippen molar-refractivity contribution in [3.05, 3.63) is 60.2 Å². The van der Waals surface area contributed by atoms with Crippen molar-refractivity contribution in [1.82, 2.24) is 10.2 Å². The number of nitrogens with zero attached hydrogens (tertiary/aromatic N) is 1. The SMILES string of the molecule is CN1CCC(NC(=O)Nc2ccc(COc3ccccc3)cc2)CC1. The van der Waals surface area contributed by atoms with Gasteiger partial charge in [-0.3, -0.25) is 0 Å². The van der Waals surface area contributed by atoms with E-state index in [9.17, 15) is 4.79 Å². The van der Waals surface area contributed by atoms with Crippen molar-refractivity contribution in [2.75, 3.05) is 25.5 Å². The summed E-state index contributed by atoms with van der Waals surface area (Å²) in [5.41, 5.74) is 1.85. The number of hydrogen-bond donors (Lipinski definition) is 2. The number of carbonyl (C=O) groups is 1. The van der Waals surface area contributed by atoms with Gasteiger partial charge in [-0.25, -0.2) is 4.79 Å². The van der Waals surface area contributed by atoms with Crippen molar-refractivity contribution >= 4 is 11.7 Å². The van der Waals surface area contributed by atoms with E-state index >= 15 is 0 Å². The van der Waals surface area contributed by atoms with Crippen LogP contribution in [0.5, 0.6) is 5.75 Å². The Morgan fingerprint density at radius 3 is 2.44 bits per heavy atom. The topological polar surface area (TPSA) is 53.6 Å². The summed E-state index contributed by atoms with van der Waals surface area (Å²) < 4.78 is 5.72. The second-order valence-electron chi connectivity index (χ2n) is 6.47. The molecule has 1 aliphatic heterocycles. The van der Waals surface area contributed by atoms with Crippen LogP contribution in [0.2, 0.25) is 0 Å². The van der Waals surface area contributed by atoms with Gasteiger partial charge in [0.1, 0.15) is 12.4 Å². The Balaban J connectivity index is 1.44. The number of amides is 2. The lowest BCUT2D eigenvalue weighted by Crippen LogP contribution is -2.44. The highest BCUT2D eigenvalue weighted by atomic mass is 16.5. The molecule has 2 aromatic carbocycles. The lowest BCUT2D eigenvalue weighted by atomic mass is 10.1. The zero-order chi connectivity index (χ0) is 17.5. The molecule has 0 unspecified atom stereocenters. The van der Waals surface area contributed by atoms with Gasteiger partial charge in [-0.05, 0) is 62.8 Å². The molecule has 1 saturated heterocycles. The standard InChI is InChI=1S/C20H25N3O2/c1-23-13-11-18(12-14-23)22-20(24)21-17-9-7-16(8-10-17)15-25-19-5-3-2-4-6-19/h2-10,18H,11-15H2,1H3,(H2,21,22,24). The Labute approximate surface area is 149 Å². The molecule has 1 fully saturated rings. The smallest absolute Gasteiger partial charge is 0.319 e. The first kappa shape index (κ1) is 17.3. The fourth-order valence-electron chi connectivity index (χ4n) is 2.87. The normalized spacial score (nSPS) is 15.6. The van der Waals surface area contributed by atoms with Gasteiger partial charge in [0.25, 0.3) is 0 Å². The molecule has 1 aliphatic rings. The summed E-state index contributed by atoms with van der Waals surface area (Å²) >= 11 is 0. The molecule has 0 atom stereocenters. The van der Waals surface area contributed by atoms with E-state index in [1.807, 2.05) is 54.6 Å². The van der Waals surface area contributed by atoms with E-state index in [-0.39, 0.29) is 12.1 Å². The van der Waals surface area contributed by atoms with Crippen molar-refractivity contribution in [1.29, 1.82) is 0 Å². The van der Waals surface area contributed by atoms with E-state index < -0.39 is 0 Å². The summed E-state index contributed by atoms with van der Waals surface area (Å²) in [4.78, 5) is 14.4. The molecule has 0 saturated carbocycles. The Morgan fingerprint density at radius 1 is 1.08 bits per heavy atom. The van der Waals surface area contributed by atoms with Gasteiger partial charge >= 0.3 is 6.03 Å². The maximum absolute atomic E-state index is 12.1. The number of hydrogen-bond acceptors (Lipinski definition) is 3. The van der Waals surface area contributed by atoms with Crippen LogP contribution in [0.1, 0.15) is 18.4 Å². The minimum Gasteiger partial charge on any atom is -0.489 e. The lowest BCUT2D eigenvalue weighted by molar-refractivity contribution is 0.221. The van der Waals surface area contributed by atoms with Crippen molar-refractivity contribution in [2.45, 2.75) is 25.5 Å². The van der Waals surface area contributed by atoms with Crippen LogP contribution in [0.15, 0.2) is 54.6 Å². The molecule has 0 radical (unpaired) electrons. The molecule has 2 amide bonds. The number of carbonyl (C=O) groups excluding carboxylic acids is 1. The van der Waals surface area contributed by atoms with Crippen molar-refractivity contribution in [3.63, 3.8) is 0 Å². The van der Waals surface area contributed by atoms with Gasteiger partial charge in [0.15, 0.2) is 0 Å². The second-order valence-corrected chi connectivity index (χ2v) is 6.47. The van der Waals surface area contributed by atoms with E-state index in [4.69, 9.17) is 4.74 Å². The Morgan fingerprint density at radius 2 is 1.76 bits per heavy atom. The Bertz CT molecular complexity index is 665. The fraction of sp³-hybridized carbons (Fsp3) is 0.350. The van der Waals surface area contributed by atoms with Gasteiger partial charge in [-0.15, -0.1) is 0 Å². The number of rotatable bonds is 5. The zero-order valence-corrected chi connectivity index (χ0v) is 14.6. The van der Waals surface area contributed by atoms with Gasteiger partial charge < -0.3 is 20.3 Å². The summed E-state index contributed by atoms with van der Waals surface area (Å²) in [6.45, 7) is 2.56. The highest BCUT2D eigenvalue weighted by Crippen LogP contribution is 2.14. The van der Waals surface area contributed by atoms with Crippen LogP contribution < -0.4 is 15.4 Å². The summed E-state index contributed by atoms with van der Waals surface area (Å²) in [7, 11) is 2.11. The second kappa shape index (κ2) is 8.53. The van der Waals surface area contributed by atoms with Gasteiger partial charge in [0, 0.05) is 11.7 Å². The minimum atomic E-state index is -0.136. The number of anilines is 1. The Hall–Kier alpha value is -2.53. The third-order valence-electron chi connectivity index (χ3n) is 4.41. The molecular formula is C20H25N3O2. The van der Waals surface area contributed by atoms with Gasteiger partial charge in [-0.1, -0.05) is 30.3 Å². The molecule has 0 spiro atoms. The molecule has 25 heavy (non-hydrogen) atoms. The molecule has 0 aliphatic carbocycles. The van der Waals surface area contributed by atoms with Crippen LogP contribution >= 0.6 is 0 Å². The number of para-hydroxylation sites is 1. The van der Waals surface area contributed by atoms with Crippen LogP contribution in [0.25, 0.3) is 0 Å². The quantitative estimate of drug-likeness (QED) is 0.877. The average molecular weight is 339 g/mol. The number of ether oxygens (including phenoxy) is 1. The largest absolute Gasteiger partial charge is 0.489 e. The third kappa shape index (κ3) is 5.50. The molecule has 2 aromatic rings. The number of piperidine rings is 1. The number of likely N-dealkylation sites (tertiary alicyclic amines) is 1. The maximum Gasteiger partial charge on any atom is 0.319 e. The summed E-state index contributed by atoms with van der Waals surface area (Å²) in [6.07, 6.45) is 2.00. The van der Waals surface area contributed by atoms with Crippen LogP contribution in [0, 0.1) is 0 Å². The number of urea groups is 1. The molecule has 2 N–H and O–H groups in total. The predicted octanol–water partition coefficient (Wildman–Crippen LogP) is 3.48. The van der Waals surface area contributed by atoms with Crippen LogP contribution in [0.3, 0.4) is 0 Å². The van der Waals surface area contributed by atoms with E-state index in [2.05, 4.69) is 22.6 Å². The summed E-state index contributed by atoms with van der Waals surface area (Å²) in [5, 5.41) is 5.94. The third-order valence-corrected chi connectivity index (χ3v) is 4.41. The van der Waals surface area contributed by atoms with Crippen LogP contribution in [0.4, 0.5) is 10.5 Å². The van der Waals surface area contributed by atoms with E-state index in [0.717, 1.165) is 42.9 Å². The first-order chi connectivity index (χ1) is 12.2. The van der Waals surface area contributed by atoms with Crippen LogP contribution in [-0.4, -0.2) is 37.1 Å². The number of nitrogens with one attached hydrogen (secondary N) is 2. The van der Waals surface area contributed by atoms with Gasteiger partial charge in [0.2, 0.25) is 0 Å². The maximum atomic E-state index is 12.1. The predicted molar refractivity (Wildman–Crippen MR) is 99.9 cm³/mol. The van der Waals surface area contributed by atoms with E-state index in [1.165, 1.54) is 0 Å². The highest BCUT2D eigenvalue weighted by Gasteiger charge is 2.18. The Kier molecular flexibility index (Phi) is 5.90. The lowest BCUT2D eigenvalue weighted by Gasteiger charge is -2.29. The molecule has 132 valence electrons. The molecule has 3 rings (SSSR count). The van der Waals surface area contributed by atoms with Crippen molar-refractivity contribution < 1.29 is 9.53 Å². The van der Waals surface area contributed by atoms with E-state index in [1.54, 1.807) is 0 Å². The van der Waals surface area contributed by atoms with Gasteiger partial charge in [-0.2, -0.15) is 0 Å². The molecule has 0 aromatic heterocycles. The monoisotopic (exact) mass is 339 g/mol. The summed E-state index contributed by atoms with van der Waals surface area (Å²) in [5.74, 6) is 0.849. The molecule has 5 heteroatoms. The molecular weight excluding hydrogens is 314 g/mol. The molecule has 5 nitrogen and oxygen atoms in total. The van der Waals surface area contributed by atoms with Crippen LogP contribution in [-0.2, 0) is 6.61 Å². The minimum absolute atomic E-state index is 0.136.